The number of rotatable bonds is 2. The summed E-state index contributed by atoms with van der Waals surface area (Å²) in [5, 5.41) is 0. The molecule has 84 valence electrons. The summed E-state index contributed by atoms with van der Waals surface area (Å²) in [6.07, 6.45) is -1.25. The van der Waals surface area contributed by atoms with E-state index in [1.54, 1.807) is 0 Å². The molecule has 0 N–H and O–H groups in total. The minimum Gasteiger partial charge on any atom is -0.241 e. The van der Waals surface area contributed by atoms with Crippen LogP contribution in [0.5, 0.6) is 0 Å². The smallest absolute Gasteiger partial charge is 0.156 e. The normalized spacial score (nSPS) is 35.6. The lowest BCUT2D eigenvalue weighted by molar-refractivity contribution is -0.0992. The molecule has 1 saturated heterocycles. The van der Waals surface area contributed by atoms with E-state index < -0.39 is 12.6 Å². The van der Waals surface area contributed by atoms with E-state index in [4.69, 9.17) is 0 Å². The van der Waals surface area contributed by atoms with E-state index in [1.165, 1.54) is 4.90 Å². The molecule has 0 spiro atoms. The summed E-state index contributed by atoms with van der Waals surface area (Å²) in [7, 11) is 0. The van der Waals surface area contributed by atoms with Gasteiger partial charge in [0, 0.05) is 6.04 Å². The third-order valence-corrected chi connectivity index (χ3v) is 3.18. The molecule has 1 aliphatic rings. The van der Waals surface area contributed by atoms with Crippen LogP contribution in [0.4, 0.5) is 8.78 Å². The molecule has 1 aliphatic heterocycles. The number of halogens is 2. The van der Waals surface area contributed by atoms with Gasteiger partial charge in [0.2, 0.25) is 0 Å². The Bertz CT molecular complexity index is 170. The third kappa shape index (κ3) is 2.44. The molecule has 0 saturated carbocycles. The Morgan fingerprint density at radius 2 is 1.43 bits per heavy atom. The van der Waals surface area contributed by atoms with E-state index in [9.17, 15) is 8.78 Å². The Labute approximate surface area is 85.5 Å². The Kier molecular flexibility index (Phi) is 3.87. The highest BCUT2D eigenvalue weighted by Crippen LogP contribution is 2.34. The summed E-state index contributed by atoms with van der Waals surface area (Å²) < 4.78 is 27.3. The highest BCUT2D eigenvalue weighted by atomic mass is 19.2. The first-order chi connectivity index (χ1) is 6.43. The van der Waals surface area contributed by atoms with Crippen LogP contribution in [0.15, 0.2) is 0 Å². The zero-order valence-corrected chi connectivity index (χ0v) is 9.50. The predicted octanol–water partition coefficient (Wildman–Crippen LogP) is 3.35. The van der Waals surface area contributed by atoms with Crippen molar-refractivity contribution in [2.45, 2.75) is 59.2 Å². The molecule has 0 aromatic carbocycles. The van der Waals surface area contributed by atoms with Crippen LogP contribution in [-0.2, 0) is 0 Å². The quantitative estimate of drug-likeness (QED) is 0.625. The number of piperidine rings is 1. The van der Waals surface area contributed by atoms with E-state index in [-0.39, 0.29) is 12.0 Å². The number of alkyl halides is 2. The molecule has 14 heavy (non-hydrogen) atoms. The van der Waals surface area contributed by atoms with Crippen molar-refractivity contribution in [3.8, 4) is 0 Å². The SMILES string of the molecule is CC(C)C1CC(F)N(C(C)C)[C@@H](F)C1. The summed E-state index contributed by atoms with van der Waals surface area (Å²) in [5.74, 6) is 0.566. The molecule has 0 amide bonds. The van der Waals surface area contributed by atoms with Crippen LogP contribution in [0.1, 0.15) is 40.5 Å². The summed E-state index contributed by atoms with van der Waals surface area (Å²) in [4.78, 5) is 1.35. The molecule has 1 heterocycles. The van der Waals surface area contributed by atoms with Crippen molar-refractivity contribution in [1.29, 1.82) is 0 Å². The van der Waals surface area contributed by atoms with Gasteiger partial charge in [-0.15, -0.1) is 0 Å². The van der Waals surface area contributed by atoms with E-state index in [0.717, 1.165) is 0 Å². The van der Waals surface area contributed by atoms with E-state index in [1.807, 2.05) is 27.7 Å². The fraction of sp³-hybridized carbons (Fsp3) is 1.00. The van der Waals surface area contributed by atoms with Crippen molar-refractivity contribution < 1.29 is 8.78 Å². The van der Waals surface area contributed by atoms with Gasteiger partial charge in [0.15, 0.2) is 12.6 Å². The first-order valence-corrected chi connectivity index (χ1v) is 5.49. The van der Waals surface area contributed by atoms with Crippen molar-refractivity contribution in [2.24, 2.45) is 11.8 Å². The van der Waals surface area contributed by atoms with Gasteiger partial charge in [-0.3, -0.25) is 0 Å². The van der Waals surface area contributed by atoms with Gasteiger partial charge in [-0.1, -0.05) is 13.8 Å². The molecular formula is C11H21F2N. The molecule has 2 unspecified atom stereocenters. The van der Waals surface area contributed by atoms with Crippen molar-refractivity contribution in [3.05, 3.63) is 0 Å². The lowest BCUT2D eigenvalue weighted by Crippen LogP contribution is -2.49. The maximum Gasteiger partial charge on any atom is 0.156 e. The maximum absolute atomic E-state index is 13.6. The lowest BCUT2D eigenvalue weighted by Gasteiger charge is -2.41. The lowest BCUT2D eigenvalue weighted by atomic mass is 9.85. The highest BCUT2D eigenvalue weighted by molar-refractivity contribution is 4.82. The van der Waals surface area contributed by atoms with Crippen LogP contribution < -0.4 is 0 Å². The number of likely N-dealkylation sites (tertiary alicyclic amines) is 1. The van der Waals surface area contributed by atoms with Gasteiger partial charge in [-0.05, 0) is 38.5 Å². The van der Waals surface area contributed by atoms with Crippen molar-refractivity contribution in [2.75, 3.05) is 0 Å². The van der Waals surface area contributed by atoms with Crippen molar-refractivity contribution in [1.82, 2.24) is 4.90 Å². The van der Waals surface area contributed by atoms with Crippen molar-refractivity contribution >= 4 is 0 Å². The van der Waals surface area contributed by atoms with Gasteiger partial charge in [0.05, 0.1) is 0 Å². The maximum atomic E-state index is 13.6. The molecule has 0 aromatic rings. The minimum absolute atomic E-state index is 0.0480. The summed E-state index contributed by atoms with van der Waals surface area (Å²) in [6.45, 7) is 7.76. The molecule has 0 aromatic heterocycles. The van der Waals surface area contributed by atoms with Gasteiger partial charge < -0.3 is 0 Å². The molecule has 0 bridgehead atoms. The van der Waals surface area contributed by atoms with E-state index in [0.29, 0.717) is 18.8 Å². The summed E-state index contributed by atoms with van der Waals surface area (Å²) >= 11 is 0. The average molecular weight is 205 g/mol. The first kappa shape index (κ1) is 11.9. The second-order valence-corrected chi connectivity index (χ2v) is 4.89. The van der Waals surface area contributed by atoms with Crippen LogP contribution in [0.3, 0.4) is 0 Å². The van der Waals surface area contributed by atoms with Crippen LogP contribution in [0, 0.1) is 11.8 Å². The topological polar surface area (TPSA) is 3.24 Å². The number of nitrogens with zero attached hydrogens (tertiary/aromatic N) is 1. The monoisotopic (exact) mass is 205 g/mol. The fourth-order valence-electron chi connectivity index (χ4n) is 2.21. The Morgan fingerprint density at radius 3 is 1.71 bits per heavy atom. The highest BCUT2D eigenvalue weighted by Gasteiger charge is 2.38. The molecular weight excluding hydrogens is 184 g/mol. The van der Waals surface area contributed by atoms with Gasteiger partial charge in [0.1, 0.15) is 0 Å². The van der Waals surface area contributed by atoms with Crippen LogP contribution in [0.2, 0.25) is 0 Å². The van der Waals surface area contributed by atoms with Gasteiger partial charge in [-0.2, -0.15) is 0 Å². The summed E-state index contributed by atoms with van der Waals surface area (Å²) in [5.41, 5.74) is 0. The van der Waals surface area contributed by atoms with Crippen LogP contribution in [0.25, 0.3) is 0 Å². The van der Waals surface area contributed by atoms with Gasteiger partial charge in [0.25, 0.3) is 0 Å². The zero-order valence-electron chi connectivity index (χ0n) is 9.50. The molecule has 3 atom stereocenters. The van der Waals surface area contributed by atoms with Gasteiger partial charge in [-0.25, -0.2) is 13.7 Å². The first-order valence-electron chi connectivity index (χ1n) is 5.49. The fourth-order valence-corrected chi connectivity index (χ4v) is 2.21. The standard InChI is InChI=1S/C11H21F2N/c1-7(2)9-5-10(12)14(8(3)4)11(13)6-9/h7-11H,5-6H2,1-4H3/t9?,10-,11?/m1/s1. The zero-order chi connectivity index (χ0) is 10.9. The molecule has 0 radical (unpaired) electrons. The Morgan fingerprint density at radius 1 is 1.00 bits per heavy atom. The second-order valence-electron chi connectivity index (χ2n) is 4.89. The number of hydrogen-bond acceptors (Lipinski definition) is 1. The summed E-state index contributed by atoms with van der Waals surface area (Å²) in [6, 6.07) is -0.0480. The minimum atomic E-state index is -1.11. The average Bonchev–Trinajstić information content (AvgIpc) is 2.01. The largest absolute Gasteiger partial charge is 0.241 e. The van der Waals surface area contributed by atoms with E-state index >= 15 is 0 Å². The van der Waals surface area contributed by atoms with E-state index in [2.05, 4.69) is 0 Å². The molecule has 0 aliphatic carbocycles. The Balaban J connectivity index is 2.63. The third-order valence-electron chi connectivity index (χ3n) is 3.18. The second kappa shape index (κ2) is 4.56. The molecule has 1 fully saturated rings. The predicted molar refractivity (Wildman–Crippen MR) is 54.3 cm³/mol. The number of hydrogen-bond donors (Lipinski definition) is 0. The van der Waals surface area contributed by atoms with Crippen LogP contribution >= 0.6 is 0 Å². The Hall–Kier alpha value is -0.180. The van der Waals surface area contributed by atoms with Crippen LogP contribution in [-0.4, -0.2) is 23.5 Å². The van der Waals surface area contributed by atoms with Gasteiger partial charge >= 0.3 is 0 Å². The molecule has 1 rings (SSSR count). The molecule has 3 heteroatoms. The van der Waals surface area contributed by atoms with Crippen molar-refractivity contribution in [3.63, 3.8) is 0 Å². The molecule has 1 nitrogen and oxygen atoms in total.